The van der Waals surface area contributed by atoms with E-state index in [2.05, 4.69) is 69.4 Å². The van der Waals surface area contributed by atoms with Gasteiger partial charge in [-0.25, -0.2) is 0 Å². The van der Waals surface area contributed by atoms with E-state index in [1.807, 2.05) is 36.4 Å². The monoisotopic (exact) mass is 476 g/mol. The molecule has 0 amide bonds. The molecule has 0 N–H and O–H groups in total. The van der Waals surface area contributed by atoms with Crippen LogP contribution in [0.1, 0.15) is 27.9 Å². The van der Waals surface area contributed by atoms with Gasteiger partial charge in [0, 0.05) is 0 Å². The van der Waals surface area contributed by atoms with Gasteiger partial charge in [-0.05, 0) is 0 Å². The predicted octanol–water partition coefficient (Wildman–Crippen LogP) is 7.21. The van der Waals surface area contributed by atoms with Crippen molar-refractivity contribution >= 4 is 35.3 Å². The number of ketones is 1. The van der Waals surface area contributed by atoms with Gasteiger partial charge >= 0.3 is 173 Å². The van der Waals surface area contributed by atoms with Crippen LogP contribution in [0.15, 0.2) is 91.0 Å². The fourth-order valence-corrected chi connectivity index (χ4v) is 7.68. The van der Waals surface area contributed by atoms with Crippen molar-refractivity contribution in [2.45, 2.75) is 25.7 Å². The Morgan fingerprint density at radius 2 is 1.00 bits per heavy atom. The van der Waals surface area contributed by atoms with Crippen LogP contribution in [-0.2, 0) is 0 Å². The van der Waals surface area contributed by atoms with Crippen LogP contribution in [0.4, 0.5) is 0 Å². The summed E-state index contributed by atoms with van der Waals surface area (Å²) in [5.74, 6) is 0.178. The third-order valence-electron chi connectivity index (χ3n) is 4.75. The van der Waals surface area contributed by atoms with Gasteiger partial charge in [-0.2, -0.15) is 0 Å². The summed E-state index contributed by atoms with van der Waals surface area (Å²) in [5, 5.41) is 0. The molecule has 0 aromatic heterocycles. The molecule has 0 fully saturated rings. The Kier molecular flexibility index (Phi) is 6.90. The fraction of sp³-hybridized carbons (Fsp3) is 0.192. The van der Waals surface area contributed by atoms with E-state index in [0.29, 0.717) is 6.42 Å². The first-order chi connectivity index (χ1) is 13.4. The molecule has 3 aromatic carbocycles. The van der Waals surface area contributed by atoms with E-state index in [0.717, 1.165) is 15.6 Å². The standard InChI is InChI=1S/C23H19O.3CH3.Sn/c1-18(19-11-5-2-6-12-19)22(20-13-7-3-8-14-20)17-23(24)21-15-9-4-10-16-21;;;;/h2-16H,1,17H2;3*1H3;/b22-18-;;;;. The number of allylic oxidation sites excluding steroid dienone is 2. The topological polar surface area (TPSA) is 17.1 Å². The van der Waals surface area contributed by atoms with E-state index in [1.54, 1.807) is 0 Å². The van der Waals surface area contributed by atoms with Crippen molar-refractivity contribution in [2.75, 3.05) is 0 Å². The number of hydrogen-bond acceptors (Lipinski definition) is 1. The molecule has 3 aromatic rings. The minimum absolute atomic E-state index is 0.178. The van der Waals surface area contributed by atoms with Crippen LogP contribution in [0, 0.1) is 0 Å². The van der Waals surface area contributed by atoms with Crippen molar-refractivity contribution in [3.63, 3.8) is 0 Å². The number of carbonyl (C=O) groups excluding carboxylic acids is 1. The van der Waals surface area contributed by atoms with Crippen LogP contribution < -0.4 is 0 Å². The zero-order valence-electron chi connectivity index (χ0n) is 17.0. The summed E-state index contributed by atoms with van der Waals surface area (Å²) >= 11 is -2.17. The molecule has 0 bridgehead atoms. The zero-order chi connectivity index (χ0) is 20.0. The molecule has 2 heteroatoms. The Morgan fingerprint density at radius 3 is 1.43 bits per heavy atom. The Balaban J connectivity index is 2.14. The van der Waals surface area contributed by atoms with Crippen molar-refractivity contribution in [3.8, 4) is 0 Å². The Bertz CT molecular complexity index is 936. The van der Waals surface area contributed by atoms with Crippen LogP contribution in [0.3, 0.4) is 0 Å². The van der Waals surface area contributed by atoms with Crippen molar-refractivity contribution in [1.82, 2.24) is 0 Å². The SMILES string of the molecule is [CH3][Sn]([CH3])([CH3])[CH2]/C(=C(\CC(=O)c1ccccc1)c1ccccc1)c1ccccc1. The Morgan fingerprint density at radius 1 is 0.607 bits per heavy atom. The van der Waals surface area contributed by atoms with Crippen molar-refractivity contribution in [3.05, 3.63) is 108 Å². The first-order valence-electron chi connectivity index (χ1n) is 9.85. The summed E-state index contributed by atoms with van der Waals surface area (Å²) in [6.07, 6.45) is 0.431. The number of carbonyl (C=O) groups is 1. The van der Waals surface area contributed by atoms with E-state index in [-0.39, 0.29) is 5.78 Å². The normalized spacial score (nSPS) is 12.4. The Hall–Kier alpha value is -2.13. The van der Waals surface area contributed by atoms with Crippen molar-refractivity contribution < 1.29 is 4.79 Å². The third kappa shape index (κ3) is 5.68. The molecule has 0 heterocycles. The molecule has 0 atom stereocenters. The van der Waals surface area contributed by atoms with Crippen LogP contribution in [0.25, 0.3) is 11.1 Å². The summed E-state index contributed by atoms with van der Waals surface area (Å²) in [7, 11) is 0. The van der Waals surface area contributed by atoms with Gasteiger partial charge in [0.15, 0.2) is 0 Å². The molecule has 1 nitrogen and oxygen atoms in total. The summed E-state index contributed by atoms with van der Waals surface area (Å²) < 4.78 is 1.12. The van der Waals surface area contributed by atoms with Gasteiger partial charge in [-0.3, -0.25) is 0 Å². The van der Waals surface area contributed by atoms with Gasteiger partial charge < -0.3 is 0 Å². The first-order valence-corrected chi connectivity index (χ1v) is 20.4. The fourth-order valence-electron chi connectivity index (χ4n) is 3.46. The van der Waals surface area contributed by atoms with Gasteiger partial charge in [-0.15, -0.1) is 0 Å². The minimum atomic E-state index is -2.17. The van der Waals surface area contributed by atoms with E-state index in [4.69, 9.17) is 0 Å². The average molecular weight is 475 g/mol. The molecule has 0 aliphatic heterocycles. The summed E-state index contributed by atoms with van der Waals surface area (Å²) in [4.78, 5) is 20.5. The molecule has 0 saturated carbocycles. The molecule has 0 radical (unpaired) electrons. The van der Waals surface area contributed by atoms with Crippen LogP contribution in [0.2, 0.25) is 19.3 Å². The number of rotatable bonds is 7. The van der Waals surface area contributed by atoms with Crippen LogP contribution in [0.5, 0.6) is 0 Å². The molecule has 0 unspecified atom stereocenters. The van der Waals surface area contributed by atoms with Gasteiger partial charge in [0.25, 0.3) is 0 Å². The van der Waals surface area contributed by atoms with Crippen molar-refractivity contribution in [1.29, 1.82) is 0 Å². The average Bonchev–Trinajstić information content (AvgIpc) is 2.71. The maximum absolute atomic E-state index is 13.1. The second-order valence-corrected chi connectivity index (χ2v) is 24.0. The van der Waals surface area contributed by atoms with E-state index in [1.165, 1.54) is 16.7 Å². The molecule has 28 heavy (non-hydrogen) atoms. The third-order valence-corrected chi connectivity index (χ3v) is 8.79. The van der Waals surface area contributed by atoms with E-state index in [9.17, 15) is 4.79 Å². The predicted molar refractivity (Wildman–Crippen MR) is 123 cm³/mol. The molecule has 0 aliphatic carbocycles. The second kappa shape index (κ2) is 9.38. The molecule has 0 aliphatic rings. The second-order valence-electron chi connectivity index (χ2n) is 8.39. The molecule has 0 spiro atoms. The van der Waals surface area contributed by atoms with Crippen molar-refractivity contribution in [2.24, 2.45) is 0 Å². The molecule has 142 valence electrons. The van der Waals surface area contributed by atoms with Gasteiger partial charge in [-0.1, -0.05) is 0 Å². The number of hydrogen-bond donors (Lipinski definition) is 0. The summed E-state index contributed by atoms with van der Waals surface area (Å²) in [5.41, 5.74) is 5.70. The Labute approximate surface area is 173 Å². The van der Waals surface area contributed by atoms with Gasteiger partial charge in [0.05, 0.1) is 0 Å². The molecular formula is C26H28OSn. The van der Waals surface area contributed by atoms with Gasteiger partial charge in [0.1, 0.15) is 0 Å². The summed E-state index contributed by atoms with van der Waals surface area (Å²) in [6.45, 7) is 0. The van der Waals surface area contributed by atoms with Crippen LogP contribution >= 0.6 is 0 Å². The zero-order valence-corrected chi connectivity index (χ0v) is 19.8. The first kappa shape index (κ1) is 20.6. The van der Waals surface area contributed by atoms with E-state index < -0.39 is 18.4 Å². The van der Waals surface area contributed by atoms with E-state index >= 15 is 0 Å². The number of Topliss-reactive ketones (excluding diaryl/α,β-unsaturated/α-hetero) is 1. The van der Waals surface area contributed by atoms with Crippen LogP contribution in [-0.4, -0.2) is 24.2 Å². The van der Waals surface area contributed by atoms with Gasteiger partial charge in [0.2, 0.25) is 0 Å². The maximum atomic E-state index is 13.1. The molecular weight excluding hydrogens is 447 g/mol. The summed E-state index contributed by atoms with van der Waals surface area (Å²) in [6, 6.07) is 30.7. The molecule has 0 saturated heterocycles. The molecule has 3 rings (SSSR count). The number of benzene rings is 3. The quantitative estimate of drug-likeness (QED) is 0.201.